The van der Waals surface area contributed by atoms with E-state index in [0.29, 0.717) is 12.2 Å². The SMILES string of the molecule is CCn1nc(C(C)C)n2nc(C(C)(C)C)c(N=Nc3nc(C#N)n(C#N)[n+]3C)c12. The van der Waals surface area contributed by atoms with Gasteiger partial charge >= 0.3 is 11.8 Å². The van der Waals surface area contributed by atoms with Crippen LogP contribution in [0.4, 0.5) is 11.6 Å². The Morgan fingerprint density at radius 2 is 1.86 bits per heavy atom. The average Bonchev–Trinajstić information content (AvgIpc) is 3.29. The molecule has 150 valence electrons. The minimum absolute atomic E-state index is 0.0548. The second kappa shape index (κ2) is 7.09. The fourth-order valence-corrected chi connectivity index (χ4v) is 3.00. The van der Waals surface area contributed by atoms with E-state index >= 15 is 0 Å². The highest BCUT2D eigenvalue weighted by atomic mass is 15.5. The molecule has 11 nitrogen and oxygen atoms in total. The zero-order chi connectivity index (χ0) is 21.5. The molecule has 0 aliphatic heterocycles. The van der Waals surface area contributed by atoms with Crippen molar-refractivity contribution >= 4 is 17.3 Å². The predicted octanol–water partition coefficient (Wildman–Crippen LogP) is 2.61. The summed E-state index contributed by atoms with van der Waals surface area (Å²) in [7, 11) is 1.59. The van der Waals surface area contributed by atoms with Crippen LogP contribution in [-0.2, 0) is 19.0 Å². The van der Waals surface area contributed by atoms with E-state index < -0.39 is 0 Å². The first-order valence-electron chi connectivity index (χ1n) is 9.34. The largest absolute Gasteiger partial charge is 0.476 e. The molecule has 11 heteroatoms. The lowest BCUT2D eigenvalue weighted by Gasteiger charge is -2.15. The molecule has 3 heterocycles. The molecular formula is C18H24N11+. The summed E-state index contributed by atoms with van der Waals surface area (Å²) in [6.45, 7) is 13.0. The third kappa shape index (κ3) is 3.25. The topological polar surface area (TPSA) is 129 Å². The molecule has 0 unspecified atom stereocenters. The zero-order valence-corrected chi connectivity index (χ0v) is 17.7. The van der Waals surface area contributed by atoms with Crippen molar-refractivity contribution in [1.82, 2.24) is 29.1 Å². The molecular weight excluding hydrogens is 370 g/mol. The standard InChI is InChI=1S/C18H24N11/c1-8-27-16-13(22-23-17-21-12(9-19)28(10-20)26(17)7)14(18(4,5)6)24-29(16)15(25-27)11(2)3/h11H,8H2,1-7H3/q+1. The van der Waals surface area contributed by atoms with Gasteiger partial charge in [-0.1, -0.05) is 44.4 Å². The lowest BCUT2D eigenvalue weighted by atomic mass is 9.91. The summed E-state index contributed by atoms with van der Waals surface area (Å²) in [5.74, 6) is 1.12. The molecule has 0 fully saturated rings. The van der Waals surface area contributed by atoms with Crippen molar-refractivity contribution in [2.24, 2.45) is 17.3 Å². The van der Waals surface area contributed by atoms with Crippen LogP contribution in [0.3, 0.4) is 0 Å². The Balaban J connectivity index is 2.26. The second-order valence-electron chi connectivity index (χ2n) is 7.99. The van der Waals surface area contributed by atoms with E-state index in [4.69, 9.17) is 10.4 Å². The van der Waals surface area contributed by atoms with Gasteiger partial charge in [-0.05, 0) is 11.9 Å². The normalized spacial score (nSPS) is 12.2. The number of aryl methyl sites for hydroxylation is 1. The van der Waals surface area contributed by atoms with Gasteiger partial charge in [0.2, 0.25) is 6.19 Å². The van der Waals surface area contributed by atoms with Crippen LogP contribution in [-0.4, -0.2) is 29.1 Å². The maximum absolute atomic E-state index is 9.21. The molecule has 29 heavy (non-hydrogen) atoms. The molecule has 0 aromatic carbocycles. The van der Waals surface area contributed by atoms with Gasteiger partial charge < -0.3 is 0 Å². The number of rotatable bonds is 4. The second-order valence-corrected chi connectivity index (χ2v) is 7.99. The van der Waals surface area contributed by atoms with Gasteiger partial charge in [0, 0.05) is 17.9 Å². The Morgan fingerprint density at radius 3 is 2.34 bits per heavy atom. The number of fused-ring (bicyclic) bond motifs is 1. The van der Waals surface area contributed by atoms with Crippen LogP contribution in [0, 0.1) is 22.8 Å². The number of aromatic nitrogens is 7. The van der Waals surface area contributed by atoms with E-state index in [-0.39, 0.29) is 23.1 Å². The third-order valence-corrected chi connectivity index (χ3v) is 4.48. The van der Waals surface area contributed by atoms with Crippen molar-refractivity contribution in [3.05, 3.63) is 17.3 Å². The van der Waals surface area contributed by atoms with Gasteiger partial charge in [-0.25, -0.2) is 4.68 Å². The van der Waals surface area contributed by atoms with Crippen molar-refractivity contribution in [2.75, 3.05) is 0 Å². The summed E-state index contributed by atoms with van der Waals surface area (Å²) >= 11 is 0. The Labute approximate surface area is 168 Å². The summed E-state index contributed by atoms with van der Waals surface area (Å²) in [6.07, 6.45) is 1.89. The van der Waals surface area contributed by atoms with Gasteiger partial charge in [0.15, 0.2) is 23.2 Å². The molecule has 0 saturated heterocycles. The molecule has 0 spiro atoms. The summed E-state index contributed by atoms with van der Waals surface area (Å²) in [5.41, 5.74) is 1.86. The highest BCUT2D eigenvalue weighted by molar-refractivity contribution is 5.69. The average molecular weight is 394 g/mol. The van der Waals surface area contributed by atoms with Gasteiger partial charge in [0.05, 0.1) is 17.9 Å². The van der Waals surface area contributed by atoms with Gasteiger partial charge in [-0.15, -0.1) is 4.68 Å². The molecule has 3 rings (SSSR count). The molecule has 0 aliphatic carbocycles. The Kier molecular flexibility index (Phi) is 4.93. The van der Waals surface area contributed by atoms with Gasteiger partial charge in [-0.2, -0.15) is 25.2 Å². The summed E-state index contributed by atoms with van der Waals surface area (Å²) in [6, 6.07) is 1.88. The summed E-state index contributed by atoms with van der Waals surface area (Å²) in [4.78, 5) is 4.08. The summed E-state index contributed by atoms with van der Waals surface area (Å²) < 4.78 is 6.12. The molecule has 0 bridgehead atoms. The predicted molar refractivity (Wildman–Crippen MR) is 103 cm³/mol. The Morgan fingerprint density at radius 1 is 1.17 bits per heavy atom. The monoisotopic (exact) mass is 394 g/mol. The number of azo groups is 1. The Hall–Kier alpha value is -3.60. The van der Waals surface area contributed by atoms with Gasteiger partial charge in [0.1, 0.15) is 0 Å². The molecule has 3 aromatic rings. The van der Waals surface area contributed by atoms with Crippen molar-refractivity contribution in [2.45, 2.75) is 59.4 Å². The molecule has 0 atom stereocenters. The van der Waals surface area contributed by atoms with E-state index in [2.05, 4.69) is 54.9 Å². The summed E-state index contributed by atoms with van der Waals surface area (Å²) in [5, 5.41) is 36.6. The molecule has 0 aliphatic rings. The molecule has 0 radical (unpaired) electrons. The van der Waals surface area contributed by atoms with Gasteiger partial charge in [-0.3, -0.25) is 0 Å². The van der Waals surface area contributed by atoms with E-state index in [1.165, 1.54) is 4.68 Å². The maximum Gasteiger partial charge on any atom is 0.476 e. The minimum atomic E-state index is -0.279. The van der Waals surface area contributed by atoms with Crippen LogP contribution in [0.5, 0.6) is 0 Å². The smallest absolute Gasteiger partial charge is 0.244 e. The highest BCUT2D eigenvalue weighted by Gasteiger charge is 2.30. The number of hydrogen-bond donors (Lipinski definition) is 0. The molecule has 0 N–H and O–H groups in total. The minimum Gasteiger partial charge on any atom is -0.244 e. The lowest BCUT2D eigenvalue weighted by Crippen LogP contribution is -2.37. The van der Waals surface area contributed by atoms with Crippen LogP contribution in [0.2, 0.25) is 0 Å². The van der Waals surface area contributed by atoms with E-state index in [1.807, 2.05) is 28.4 Å². The van der Waals surface area contributed by atoms with Crippen molar-refractivity contribution < 1.29 is 4.68 Å². The maximum atomic E-state index is 9.21. The first-order chi connectivity index (χ1) is 13.6. The Bertz CT molecular complexity index is 1180. The van der Waals surface area contributed by atoms with Crippen LogP contribution in [0.15, 0.2) is 10.2 Å². The first kappa shape index (κ1) is 20.1. The fourth-order valence-electron chi connectivity index (χ4n) is 3.00. The van der Waals surface area contributed by atoms with Crippen LogP contribution in [0.1, 0.15) is 64.8 Å². The van der Waals surface area contributed by atoms with Crippen molar-refractivity contribution in [1.29, 1.82) is 10.5 Å². The zero-order valence-electron chi connectivity index (χ0n) is 17.7. The van der Waals surface area contributed by atoms with E-state index in [1.54, 1.807) is 7.05 Å². The van der Waals surface area contributed by atoms with Crippen molar-refractivity contribution in [3.63, 3.8) is 0 Å². The number of nitrogens with zero attached hydrogens (tertiary/aromatic N) is 11. The fraction of sp³-hybridized carbons (Fsp3) is 0.556. The first-order valence-corrected chi connectivity index (χ1v) is 9.34. The van der Waals surface area contributed by atoms with Crippen LogP contribution in [0.25, 0.3) is 5.65 Å². The molecule has 0 amide bonds. The highest BCUT2D eigenvalue weighted by Crippen LogP contribution is 2.36. The quantitative estimate of drug-likeness (QED) is 0.496. The number of nitriles is 2. The van der Waals surface area contributed by atoms with Crippen molar-refractivity contribution in [3.8, 4) is 12.3 Å². The van der Waals surface area contributed by atoms with Crippen LogP contribution < -0.4 is 4.68 Å². The van der Waals surface area contributed by atoms with Crippen LogP contribution >= 0.6 is 0 Å². The lowest BCUT2D eigenvalue weighted by molar-refractivity contribution is -0.732. The third-order valence-electron chi connectivity index (χ3n) is 4.48. The molecule has 3 aromatic heterocycles. The van der Waals surface area contributed by atoms with Gasteiger partial charge in [0.25, 0.3) is 0 Å². The molecule has 0 saturated carbocycles. The van der Waals surface area contributed by atoms with E-state index in [0.717, 1.165) is 21.8 Å². The van der Waals surface area contributed by atoms with E-state index in [9.17, 15) is 5.26 Å². The number of hydrogen-bond acceptors (Lipinski definition) is 7.